The standard InChI is InChI=1S/C16H17ClN2O3/c1-11(12-5-4-6-13(9-12)19(21)22)18-10-16(20)14-7-2-3-8-15(14)17/h2-9,11,16,18,20H,10H2,1H3. The Kier molecular flexibility index (Phi) is 5.49. The molecule has 0 aliphatic heterocycles. The number of benzene rings is 2. The van der Waals surface area contributed by atoms with E-state index in [1.54, 1.807) is 24.3 Å². The van der Waals surface area contributed by atoms with Crippen LogP contribution in [0.15, 0.2) is 48.5 Å². The first-order valence-corrected chi connectivity index (χ1v) is 7.27. The van der Waals surface area contributed by atoms with E-state index in [0.29, 0.717) is 17.1 Å². The molecule has 6 heteroatoms. The molecule has 0 radical (unpaired) electrons. The van der Waals surface area contributed by atoms with Crippen LogP contribution in [0.2, 0.25) is 5.02 Å². The van der Waals surface area contributed by atoms with Crippen LogP contribution >= 0.6 is 11.6 Å². The van der Waals surface area contributed by atoms with Gasteiger partial charge in [0.15, 0.2) is 0 Å². The number of non-ortho nitro benzene ring substituents is 1. The molecular formula is C16H17ClN2O3. The summed E-state index contributed by atoms with van der Waals surface area (Å²) in [6, 6.07) is 13.4. The van der Waals surface area contributed by atoms with Gasteiger partial charge in [-0.25, -0.2) is 0 Å². The summed E-state index contributed by atoms with van der Waals surface area (Å²) in [5, 5.41) is 24.7. The molecule has 2 aromatic rings. The summed E-state index contributed by atoms with van der Waals surface area (Å²) in [5.74, 6) is 0. The van der Waals surface area contributed by atoms with Gasteiger partial charge in [0.1, 0.15) is 0 Å². The number of hydrogen-bond donors (Lipinski definition) is 2. The molecule has 5 nitrogen and oxygen atoms in total. The number of nitro groups is 1. The Morgan fingerprint density at radius 2 is 2.00 bits per heavy atom. The van der Waals surface area contributed by atoms with Gasteiger partial charge in [0.25, 0.3) is 5.69 Å². The predicted molar refractivity (Wildman–Crippen MR) is 85.9 cm³/mol. The highest BCUT2D eigenvalue weighted by Crippen LogP contribution is 2.23. The summed E-state index contributed by atoms with van der Waals surface area (Å²) in [7, 11) is 0. The molecule has 0 saturated heterocycles. The Labute approximate surface area is 133 Å². The van der Waals surface area contributed by atoms with Crippen LogP contribution < -0.4 is 5.32 Å². The molecule has 22 heavy (non-hydrogen) atoms. The third kappa shape index (κ3) is 4.04. The van der Waals surface area contributed by atoms with Crippen LogP contribution in [0.1, 0.15) is 30.2 Å². The zero-order valence-corrected chi connectivity index (χ0v) is 12.8. The molecule has 2 N–H and O–H groups in total. The molecule has 2 rings (SSSR count). The normalized spacial score (nSPS) is 13.6. The van der Waals surface area contributed by atoms with Crippen molar-refractivity contribution in [1.29, 1.82) is 0 Å². The summed E-state index contributed by atoms with van der Waals surface area (Å²) < 4.78 is 0. The van der Waals surface area contributed by atoms with Crippen LogP contribution in [0.5, 0.6) is 0 Å². The highest BCUT2D eigenvalue weighted by atomic mass is 35.5. The maximum Gasteiger partial charge on any atom is 0.269 e. The van der Waals surface area contributed by atoms with Crippen molar-refractivity contribution in [1.82, 2.24) is 5.32 Å². The van der Waals surface area contributed by atoms with Gasteiger partial charge in [-0.15, -0.1) is 0 Å². The number of nitro benzene ring substituents is 1. The van der Waals surface area contributed by atoms with Gasteiger partial charge < -0.3 is 10.4 Å². The molecule has 0 bridgehead atoms. The van der Waals surface area contributed by atoms with Crippen molar-refractivity contribution in [3.8, 4) is 0 Å². The van der Waals surface area contributed by atoms with Gasteiger partial charge in [0.2, 0.25) is 0 Å². The zero-order valence-electron chi connectivity index (χ0n) is 12.1. The van der Waals surface area contributed by atoms with Gasteiger partial charge in [0, 0.05) is 35.3 Å². The average Bonchev–Trinajstić information content (AvgIpc) is 2.52. The Morgan fingerprint density at radius 1 is 1.27 bits per heavy atom. The zero-order chi connectivity index (χ0) is 16.1. The summed E-state index contributed by atoms with van der Waals surface area (Å²) in [6.45, 7) is 2.19. The molecule has 0 aromatic heterocycles. The monoisotopic (exact) mass is 320 g/mol. The lowest BCUT2D eigenvalue weighted by atomic mass is 10.1. The first-order chi connectivity index (χ1) is 10.5. The van der Waals surface area contributed by atoms with Gasteiger partial charge in [-0.05, 0) is 18.6 Å². The maximum absolute atomic E-state index is 10.8. The number of halogens is 1. The summed E-state index contributed by atoms with van der Waals surface area (Å²) in [5.41, 5.74) is 1.50. The second kappa shape index (κ2) is 7.35. The van der Waals surface area contributed by atoms with E-state index in [2.05, 4.69) is 5.32 Å². The lowest BCUT2D eigenvalue weighted by Crippen LogP contribution is -2.24. The van der Waals surface area contributed by atoms with Crippen molar-refractivity contribution in [2.75, 3.05) is 6.54 Å². The molecule has 0 spiro atoms. The molecule has 0 heterocycles. The first kappa shape index (κ1) is 16.4. The van der Waals surface area contributed by atoms with E-state index >= 15 is 0 Å². The van der Waals surface area contributed by atoms with Crippen LogP contribution in [-0.2, 0) is 0 Å². The minimum Gasteiger partial charge on any atom is -0.387 e. The third-order valence-corrected chi connectivity index (χ3v) is 3.81. The number of nitrogens with zero attached hydrogens (tertiary/aromatic N) is 1. The fraction of sp³-hybridized carbons (Fsp3) is 0.250. The lowest BCUT2D eigenvalue weighted by Gasteiger charge is -2.18. The SMILES string of the molecule is CC(NCC(O)c1ccccc1Cl)c1cccc([N+](=O)[O-])c1. The molecular weight excluding hydrogens is 304 g/mol. The number of rotatable bonds is 6. The Hall–Kier alpha value is -1.95. The van der Waals surface area contributed by atoms with Crippen molar-refractivity contribution >= 4 is 17.3 Å². The van der Waals surface area contributed by atoms with E-state index in [9.17, 15) is 15.2 Å². The maximum atomic E-state index is 10.8. The molecule has 0 fully saturated rings. The number of aliphatic hydroxyl groups excluding tert-OH is 1. The Morgan fingerprint density at radius 3 is 2.68 bits per heavy atom. The fourth-order valence-corrected chi connectivity index (χ4v) is 2.43. The van der Waals surface area contributed by atoms with Crippen molar-refractivity contribution in [3.05, 3.63) is 74.8 Å². The van der Waals surface area contributed by atoms with Crippen molar-refractivity contribution in [3.63, 3.8) is 0 Å². The van der Waals surface area contributed by atoms with E-state index in [-0.39, 0.29) is 11.7 Å². The summed E-state index contributed by atoms with van der Waals surface area (Å²) >= 11 is 6.04. The van der Waals surface area contributed by atoms with Crippen LogP contribution in [0, 0.1) is 10.1 Å². The van der Waals surface area contributed by atoms with Crippen molar-refractivity contribution in [2.24, 2.45) is 0 Å². The van der Waals surface area contributed by atoms with Gasteiger partial charge in [-0.3, -0.25) is 10.1 Å². The quantitative estimate of drug-likeness (QED) is 0.629. The van der Waals surface area contributed by atoms with Gasteiger partial charge >= 0.3 is 0 Å². The highest BCUT2D eigenvalue weighted by Gasteiger charge is 2.14. The molecule has 2 aromatic carbocycles. The van der Waals surface area contributed by atoms with Crippen molar-refractivity contribution in [2.45, 2.75) is 19.1 Å². The minimum atomic E-state index is -0.741. The van der Waals surface area contributed by atoms with Gasteiger partial charge in [0.05, 0.1) is 11.0 Å². The molecule has 0 aliphatic rings. The fourth-order valence-electron chi connectivity index (χ4n) is 2.17. The lowest BCUT2D eigenvalue weighted by molar-refractivity contribution is -0.384. The Bertz CT molecular complexity index is 663. The van der Waals surface area contributed by atoms with Crippen LogP contribution in [0.4, 0.5) is 5.69 Å². The van der Waals surface area contributed by atoms with Crippen molar-refractivity contribution < 1.29 is 10.0 Å². The van der Waals surface area contributed by atoms with Crippen LogP contribution in [0.3, 0.4) is 0 Å². The van der Waals surface area contributed by atoms with Crippen LogP contribution in [0.25, 0.3) is 0 Å². The van der Waals surface area contributed by atoms with Crippen LogP contribution in [-0.4, -0.2) is 16.6 Å². The smallest absolute Gasteiger partial charge is 0.269 e. The van der Waals surface area contributed by atoms with Gasteiger partial charge in [-0.2, -0.15) is 0 Å². The molecule has 2 unspecified atom stereocenters. The van der Waals surface area contributed by atoms with E-state index < -0.39 is 11.0 Å². The van der Waals surface area contributed by atoms with Gasteiger partial charge in [-0.1, -0.05) is 41.9 Å². The molecule has 0 aliphatic carbocycles. The second-order valence-electron chi connectivity index (χ2n) is 5.02. The molecule has 116 valence electrons. The highest BCUT2D eigenvalue weighted by molar-refractivity contribution is 6.31. The topological polar surface area (TPSA) is 75.4 Å². The van der Waals surface area contributed by atoms with E-state index in [1.165, 1.54) is 12.1 Å². The largest absolute Gasteiger partial charge is 0.387 e. The summed E-state index contributed by atoms with van der Waals surface area (Å²) in [6.07, 6.45) is -0.741. The Balaban J connectivity index is 2.01. The number of nitrogens with one attached hydrogen (secondary N) is 1. The predicted octanol–water partition coefficient (Wildman–Crippen LogP) is 3.63. The van der Waals surface area contributed by atoms with E-state index in [1.807, 2.05) is 19.1 Å². The summed E-state index contributed by atoms with van der Waals surface area (Å²) in [4.78, 5) is 10.4. The minimum absolute atomic E-state index is 0.0535. The van der Waals surface area contributed by atoms with E-state index in [0.717, 1.165) is 5.56 Å². The van der Waals surface area contributed by atoms with E-state index in [4.69, 9.17) is 11.6 Å². The molecule has 0 saturated carbocycles. The molecule has 2 atom stereocenters. The third-order valence-electron chi connectivity index (χ3n) is 3.46. The number of aliphatic hydroxyl groups is 1. The average molecular weight is 321 g/mol. The molecule has 0 amide bonds. The number of hydrogen-bond acceptors (Lipinski definition) is 4. The first-order valence-electron chi connectivity index (χ1n) is 6.89. The second-order valence-corrected chi connectivity index (χ2v) is 5.43.